The lowest BCUT2D eigenvalue weighted by Gasteiger charge is -2.21. The van der Waals surface area contributed by atoms with Crippen LogP contribution in [0.25, 0.3) is 0 Å². The van der Waals surface area contributed by atoms with E-state index in [0.29, 0.717) is 23.6 Å². The van der Waals surface area contributed by atoms with Crippen molar-refractivity contribution in [2.45, 2.75) is 39.8 Å². The van der Waals surface area contributed by atoms with Gasteiger partial charge in [-0.05, 0) is 48.6 Å². The van der Waals surface area contributed by atoms with Gasteiger partial charge in [0, 0.05) is 17.1 Å². The van der Waals surface area contributed by atoms with Gasteiger partial charge in [-0.2, -0.15) is 0 Å². The number of halogens is 1. The van der Waals surface area contributed by atoms with Crippen molar-refractivity contribution in [3.8, 4) is 0 Å². The maximum absolute atomic E-state index is 12.6. The van der Waals surface area contributed by atoms with Gasteiger partial charge in [-0.3, -0.25) is 9.59 Å². The van der Waals surface area contributed by atoms with Gasteiger partial charge >= 0.3 is 0 Å². The number of hydrogen-bond donors (Lipinski definition) is 2. The number of carbonyl (C=O) groups is 2. The molecule has 4 nitrogen and oxygen atoms in total. The van der Waals surface area contributed by atoms with Crippen LogP contribution in [-0.4, -0.2) is 17.9 Å². The lowest BCUT2D eigenvalue weighted by molar-refractivity contribution is -0.123. The van der Waals surface area contributed by atoms with Crippen molar-refractivity contribution in [3.05, 3.63) is 70.2 Å². The minimum absolute atomic E-state index is 0.185. The Kier molecular flexibility index (Phi) is 7.22. The summed E-state index contributed by atoms with van der Waals surface area (Å²) in [5.41, 5.74) is 2.43. The van der Waals surface area contributed by atoms with E-state index in [0.717, 1.165) is 11.1 Å². The van der Waals surface area contributed by atoms with Gasteiger partial charge in [0.15, 0.2) is 0 Å². The average molecular weight is 373 g/mol. The summed E-state index contributed by atoms with van der Waals surface area (Å²) in [6.45, 7) is 6.33. The zero-order valence-corrected chi connectivity index (χ0v) is 16.1. The van der Waals surface area contributed by atoms with Crippen molar-refractivity contribution in [1.29, 1.82) is 0 Å². The summed E-state index contributed by atoms with van der Waals surface area (Å²) >= 11 is 5.88. The fourth-order valence-electron chi connectivity index (χ4n) is 2.68. The van der Waals surface area contributed by atoms with E-state index in [1.165, 1.54) is 0 Å². The van der Waals surface area contributed by atoms with Crippen LogP contribution in [0.3, 0.4) is 0 Å². The topological polar surface area (TPSA) is 58.2 Å². The lowest BCUT2D eigenvalue weighted by Crippen LogP contribution is -2.47. The average Bonchev–Trinajstić information content (AvgIpc) is 2.60. The molecule has 0 bridgehead atoms. The molecule has 0 aliphatic rings. The molecule has 2 aromatic rings. The van der Waals surface area contributed by atoms with E-state index in [2.05, 4.69) is 10.6 Å². The van der Waals surface area contributed by atoms with E-state index in [-0.39, 0.29) is 17.7 Å². The molecular formula is C21H25ClN2O2. The maximum Gasteiger partial charge on any atom is 0.252 e. The number of carbonyl (C=O) groups excluding carboxylic acids is 2. The Morgan fingerprint density at radius 3 is 2.31 bits per heavy atom. The Labute approximate surface area is 159 Å². The van der Waals surface area contributed by atoms with Crippen LogP contribution in [0, 0.1) is 12.8 Å². The third kappa shape index (κ3) is 5.88. The van der Waals surface area contributed by atoms with Gasteiger partial charge in [-0.1, -0.05) is 55.8 Å². The molecule has 2 amide bonds. The second-order valence-corrected chi connectivity index (χ2v) is 7.25. The molecule has 0 saturated carbocycles. The van der Waals surface area contributed by atoms with E-state index in [1.807, 2.05) is 51.1 Å². The van der Waals surface area contributed by atoms with Gasteiger partial charge in [-0.15, -0.1) is 0 Å². The minimum Gasteiger partial charge on any atom is -0.350 e. The Hall–Kier alpha value is -2.33. The van der Waals surface area contributed by atoms with Crippen LogP contribution in [-0.2, 0) is 11.3 Å². The number of aryl methyl sites for hydroxylation is 1. The molecule has 0 spiro atoms. The van der Waals surface area contributed by atoms with Gasteiger partial charge in [0.05, 0.1) is 0 Å². The molecule has 0 saturated heterocycles. The molecule has 0 fully saturated rings. The number of nitrogens with one attached hydrogen (secondary N) is 2. The molecule has 2 aromatic carbocycles. The molecule has 0 radical (unpaired) electrons. The quantitative estimate of drug-likeness (QED) is 0.768. The number of hydrogen-bond acceptors (Lipinski definition) is 2. The molecule has 138 valence electrons. The minimum atomic E-state index is -0.575. The van der Waals surface area contributed by atoms with Crippen molar-refractivity contribution in [3.63, 3.8) is 0 Å². The van der Waals surface area contributed by atoms with Gasteiger partial charge in [0.1, 0.15) is 6.04 Å². The van der Waals surface area contributed by atoms with Crippen molar-refractivity contribution in [2.75, 3.05) is 0 Å². The maximum atomic E-state index is 12.6. The number of benzene rings is 2. The highest BCUT2D eigenvalue weighted by molar-refractivity contribution is 6.30. The Bertz CT molecular complexity index is 757. The van der Waals surface area contributed by atoms with E-state index in [4.69, 9.17) is 11.6 Å². The highest BCUT2D eigenvalue weighted by atomic mass is 35.5. The number of rotatable bonds is 7. The molecular weight excluding hydrogens is 348 g/mol. The van der Waals surface area contributed by atoms with Crippen LogP contribution < -0.4 is 10.6 Å². The lowest BCUT2D eigenvalue weighted by atomic mass is 10.0. The Morgan fingerprint density at radius 2 is 1.69 bits per heavy atom. The fraction of sp³-hybridized carbons (Fsp3) is 0.333. The summed E-state index contributed by atoms with van der Waals surface area (Å²) in [6, 6.07) is 14.1. The van der Waals surface area contributed by atoms with Crippen molar-refractivity contribution in [2.24, 2.45) is 5.92 Å². The molecule has 2 N–H and O–H groups in total. The van der Waals surface area contributed by atoms with Gasteiger partial charge in [0.25, 0.3) is 5.91 Å². The van der Waals surface area contributed by atoms with Crippen LogP contribution in [0.1, 0.15) is 41.8 Å². The zero-order valence-electron chi connectivity index (χ0n) is 15.4. The van der Waals surface area contributed by atoms with Crippen LogP contribution in [0.5, 0.6) is 0 Å². The van der Waals surface area contributed by atoms with Crippen molar-refractivity contribution in [1.82, 2.24) is 10.6 Å². The normalized spacial score (nSPS) is 11.9. The van der Waals surface area contributed by atoms with Crippen molar-refractivity contribution < 1.29 is 9.59 Å². The molecule has 5 heteroatoms. The first-order chi connectivity index (χ1) is 12.4. The second-order valence-electron chi connectivity index (χ2n) is 6.81. The van der Waals surface area contributed by atoms with Crippen LogP contribution in [0.2, 0.25) is 5.02 Å². The molecule has 0 aliphatic carbocycles. The first-order valence-corrected chi connectivity index (χ1v) is 9.13. The smallest absolute Gasteiger partial charge is 0.252 e. The molecule has 0 aromatic heterocycles. The predicted octanol–water partition coefficient (Wildman–Crippen LogP) is 4.11. The van der Waals surface area contributed by atoms with Gasteiger partial charge in [-0.25, -0.2) is 0 Å². The summed E-state index contributed by atoms with van der Waals surface area (Å²) < 4.78 is 0. The predicted molar refractivity (Wildman–Crippen MR) is 105 cm³/mol. The van der Waals surface area contributed by atoms with Crippen LogP contribution in [0.4, 0.5) is 0 Å². The summed E-state index contributed by atoms with van der Waals surface area (Å²) in [5, 5.41) is 6.43. The highest BCUT2D eigenvalue weighted by Gasteiger charge is 2.22. The van der Waals surface area contributed by atoms with Gasteiger partial charge in [0.2, 0.25) is 5.91 Å². The highest BCUT2D eigenvalue weighted by Crippen LogP contribution is 2.11. The van der Waals surface area contributed by atoms with E-state index < -0.39 is 6.04 Å². The molecule has 26 heavy (non-hydrogen) atoms. The Balaban J connectivity index is 2.03. The molecule has 0 heterocycles. The molecule has 1 atom stereocenters. The molecule has 0 unspecified atom stereocenters. The van der Waals surface area contributed by atoms with Gasteiger partial charge < -0.3 is 10.6 Å². The van der Waals surface area contributed by atoms with Crippen molar-refractivity contribution >= 4 is 23.4 Å². The zero-order chi connectivity index (χ0) is 19.1. The molecule has 2 rings (SSSR count). The third-order valence-corrected chi connectivity index (χ3v) is 4.35. The largest absolute Gasteiger partial charge is 0.350 e. The summed E-state index contributed by atoms with van der Waals surface area (Å²) in [7, 11) is 0. The fourth-order valence-corrected chi connectivity index (χ4v) is 2.81. The van der Waals surface area contributed by atoms with E-state index in [1.54, 1.807) is 18.2 Å². The van der Waals surface area contributed by atoms with Crippen LogP contribution >= 0.6 is 11.6 Å². The summed E-state index contributed by atoms with van der Waals surface area (Å²) in [4.78, 5) is 25.2. The standard InChI is InChI=1S/C21H25ClN2O2/c1-14(2)12-19(24-20(25)18-7-5-4-6-15(18)3)21(26)23-13-16-8-10-17(22)11-9-16/h4-11,14,19H,12-13H2,1-3H3,(H,23,26)(H,24,25)/t19-/m0/s1. The SMILES string of the molecule is Cc1ccccc1C(=O)N[C@@H](CC(C)C)C(=O)NCc1ccc(Cl)cc1. The summed E-state index contributed by atoms with van der Waals surface area (Å²) in [5.74, 6) is -0.135. The molecule has 0 aliphatic heterocycles. The first-order valence-electron chi connectivity index (χ1n) is 8.75. The third-order valence-electron chi connectivity index (χ3n) is 4.10. The summed E-state index contributed by atoms with van der Waals surface area (Å²) in [6.07, 6.45) is 0.573. The number of amides is 2. The first kappa shape index (κ1) is 20.0. The monoisotopic (exact) mass is 372 g/mol. The Morgan fingerprint density at radius 1 is 1.04 bits per heavy atom. The van der Waals surface area contributed by atoms with E-state index >= 15 is 0 Å². The van der Waals surface area contributed by atoms with E-state index in [9.17, 15) is 9.59 Å². The second kappa shape index (κ2) is 9.39. The van der Waals surface area contributed by atoms with Crippen LogP contribution in [0.15, 0.2) is 48.5 Å².